The first kappa shape index (κ1) is 12.7. The van der Waals surface area contributed by atoms with Gasteiger partial charge in [-0.2, -0.15) is 0 Å². The number of rotatable bonds is 3. The fraction of sp³-hybridized carbons (Fsp3) is 0.385. The number of benzene rings is 1. The molecule has 1 aromatic carbocycles. The molecule has 1 aliphatic heterocycles. The maximum Gasteiger partial charge on any atom is 0.261 e. The quantitative estimate of drug-likeness (QED) is 0.608. The molecule has 1 heterocycles. The van der Waals surface area contributed by atoms with Crippen molar-refractivity contribution in [3.05, 3.63) is 35.4 Å². The summed E-state index contributed by atoms with van der Waals surface area (Å²) in [6, 6.07) is 5.55. The smallest absolute Gasteiger partial charge is 0.261 e. The molecule has 5 heteroatoms. The van der Waals surface area contributed by atoms with Gasteiger partial charge in [0.25, 0.3) is 11.8 Å². The molecule has 1 aliphatic rings. The highest BCUT2D eigenvalue weighted by atomic mass is 16.5. The summed E-state index contributed by atoms with van der Waals surface area (Å²) in [5.41, 5.74) is 0.627. The molecule has 0 fully saturated rings. The molecule has 18 heavy (non-hydrogen) atoms. The Morgan fingerprint density at radius 3 is 1.78 bits per heavy atom. The second-order valence-electron chi connectivity index (χ2n) is 4.67. The van der Waals surface area contributed by atoms with Crippen molar-refractivity contribution >= 4 is 11.8 Å². The lowest BCUT2D eigenvalue weighted by atomic mass is 10.0. The van der Waals surface area contributed by atoms with E-state index in [0.717, 1.165) is 4.90 Å². The standard InChI is InChI=1S/C13H15NO4/c1-7(2)10(13(17)18)14-11(15)8-5-3-4-6-9(8)12(14)16/h3-7,10,13,17-18H,1-2H3/t10-/m0/s1. The van der Waals surface area contributed by atoms with Gasteiger partial charge in [0.05, 0.1) is 17.2 Å². The van der Waals surface area contributed by atoms with Crippen LogP contribution in [0.2, 0.25) is 0 Å². The van der Waals surface area contributed by atoms with Gasteiger partial charge in [-0.3, -0.25) is 14.5 Å². The average molecular weight is 249 g/mol. The lowest BCUT2D eigenvalue weighted by molar-refractivity contribution is -0.0978. The Morgan fingerprint density at radius 2 is 1.44 bits per heavy atom. The van der Waals surface area contributed by atoms with Crippen molar-refractivity contribution in [3.63, 3.8) is 0 Å². The minimum atomic E-state index is -1.74. The third-order valence-electron chi connectivity index (χ3n) is 3.11. The molecule has 0 saturated heterocycles. The number of hydrogen-bond donors (Lipinski definition) is 2. The van der Waals surface area contributed by atoms with Crippen LogP contribution in [0.1, 0.15) is 34.6 Å². The van der Waals surface area contributed by atoms with Crippen LogP contribution in [0.4, 0.5) is 0 Å². The van der Waals surface area contributed by atoms with Crippen LogP contribution in [0.3, 0.4) is 0 Å². The number of imide groups is 1. The van der Waals surface area contributed by atoms with Crippen molar-refractivity contribution in [2.75, 3.05) is 0 Å². The molecule has 1 aromatic rings. The van der Waals surface area contributed by atoms with Gasteiger partial charge in [0.15, 0.2) is 6.29 Å². The Balaban J connectivity index is 2.44. The van der Waals surface area contributed by atoms with Crippen molar-refractivity contribution in [1.29, 1.82) is 0 Å². The molecule has 0 aliphatic carbocycles. The van der Waals surface area contributed by atoms with Crippen LogP contribution in [0.25, 0.3) is 0 Å². The third-order valence-corrected chi connectivity index (χ3v) is 3.11. The van der Waals surface area contributed by atoms with Gasteiger partial charge >= 0.3 is 0 Å². The zero-order chi connectivity index (χ0) is 13.4. The van der Waals surface area contributed by atoms with E-state index < -0.39 is 24.1 Å². The molecule has 2 N–H and O–H groups in total. The molecule has 0 bridgehead atoms. The fourth-order valence-corrected chi connectivity index (χ4v) is 2.25. The van der Waals surface area contributed by atoms with E-state index in [4.69, 9.17) is 0 Å². The Hall–Kier alpha value is -1.72. The normalized spacial score (nSPS) is 16.7. The van der Waals surface area contributed by atoms with E-state index in [1.165, 1.54) is 0 Å². The molecule has 0 aromatic heterocycles. The van der Waals surface area contributed by atoms with Gasteiger partial charge in [0.2, 0.25) is 0 Å². The molecule has 0 unspecified atom stereocenters. The van der Waals surface area contributed by atoms with Crippen molar-refractivity contribution in [2.45, 2.75) is 26.2 Å². The molecule has 96 valence electrons. The Labute approximate surface area is 105 Å². The highest BCUT2D eigenvalue weighted by Crippen LogP contribution is 2.27. The zero-order valence-corrected chi connectivity index (χ0v) is 10.2. The molecule has 2 rings (SSSR count). The van der Waals surface area contributed by atoms with Crippen molar-refractivity contribution in [2.24, 2.45) is 5.92 Å². The second-order valence-corrected chi connectivity index (χ2v) is 4.67. The fourth-order valence-electron chi connectivity index (χ4n) is 2.25. The largest absolute Gasteiger partial charge is 0.366 e. The van der Waals surface area contributed by atoms with Gasteiger partial charge < -0.3 is 10.2 Å². The van der Waals surface area contributed by atoms with Crippen molar-refractivity contribution in [1.82, 2.24) is 4.90 Å². The van der Waals surface area contributed by atoms with E-state index in [-0.39, 0.29) is 5.92 Å². The molecule has 2 amide bonds. The summed E-state index contributed by atoms with van der Waals surface area (Å²) in [7, 11) is 0. The van der Waals surface area contributed by atoms with E-state index in [0.29, 0.717) is 11.1 Å². The monoisotopic (exact) mass is 249 g/mol. The number of nitrogens with zero attached hydrogens (tertiary/aromatic N) is 1. The predicted octanol–water partition coefficient (Wildman–Crippen LogP) is 0.618. The second kappa shape index (κ2) is 4.51. The number of fused-ring (bicyclic) bond motifs is 1. The maximum atomic E-state index is 12.1. The highest BCUT2D eigenvalue weighted by molar-refractivity contribution is 6.21. The van der Waals surface area contributed by atoms with E-state index in [1.807, 2.05) is 0 Å². The van der Waals surface area contributed by atoms with Crippen LogP contribution in [-0.2, 0) is 0 Å². The summed E-state index contributed by atoms with van der Waals surface area (Å²) in [4.78, 5) is 25.2. The summed E-state index contributed by atoms with van der Waals surface area (Å²) in [6.45, 7) is 3.46. The lowest BCUT2D eigenvalue weighted by Gasteiger charge is -2.30. The predicted molar refractivity (Wildman–Crippen MR) is 63.8 cm³/mol. The molecular formula is C13H15NO4. The minimum Gasteiger partial charge on any atom is -0.366 e. The van der Waals surface area contributed by atoms with E-state index in [1.54, 1.807) is 38.1 Å². The summed E-state index contributed by atoms with van der Waals surface area (Å²) < 4.78 is 0. The topological polar surface area (TPSA) is 77.8 Å². The first-order valence-corrected chi connectivity index (χ1v) is 5.78. The van der Waals surface area contributed by atoms with Gasteiger partial charge in [0.1, 0.15) is 0 Å². The third kappa shape index (κ3) is 1.81. The Bertz CT molecular complexity index is 453. The van der Waals surface area contributed by atoms with Crippen molar-refractivity contribution < 1.29 is 19.8 Å². The van der Waals surface area contributed by atoms with Crippen LogP contribution in [0, 0.1) is 5.92 Å². The molecule has 1 atom stereocenters. The zero-order valence-electron chi connectivity index (χ0n) is 10.2. The number of hydrogen-bond acceptors (Lipinski definition) is 4. The summed E-state index contributed by atoms with van der Waals surface area (Å²) in [5, 5.41) is 18.7. The molecular weight excluding hydrogens is 234 g/mol. The number of amides is 2. The van der Waals surface area contributed by atoms with Crippen LogP contribution < -0.4 is 0 Å². The molecule has 0 saturated carbocycles. The minimum absolute atomic E-state index is 0.243. The molecule has 0 spiro atoms. The van der Waals surface area contributed by atoms with Gasteiger partial charge in [-0.1, -0.05) is 26.0 Å². The maximum absolute atomic E-state index is 12.1. The summed E-state index contributed by atoms with van der Waals surface area (Å²) >= 11 is 0. The van der Waals surface area contributed by atoms with Gasteiger partial charge in [-0.25, -0.2) is 0 Å². The van der Waals surface area contributed by atoms with Gasteiger partial charge in [-0.15, -0.1) is 0 Å². The number of carbonyl (C=O) groups is 2. The van der Waals surface area contributed by atoms with Gasteiger partial charge in [0, 0.05) is 0 Å². The SMILES string of the molecule is CC(C)[C@@H](C(O)O)N1C(=O)c2ccccc2C1=O. The molecule has 0 radical (unpaired) electrons. The van der Waals surface area contributed by atoms with Crippen LogP contribution >= 0.6 is 0 Å². The lowest BCUT2D eigenvalue weighted by Crippen LogP contribution is -2.49. The van der Waals surface area contributed by atoms with E-state index in [9.17, 15) is 19.8 Å². The molecule has 5 nitrogen and oxygen atoms in total. The van der Waals surface area contributed by atoms with E-state index in [2.05, 4.69) is 0 Å². The number of aliphatic hydroxyl groups excluding tert-OH is 1. The first-order valence-electron chi connectivity index (χ1n) is 5.78. The van der Waals surface area contributed by atoms with Crippen molar-refractivity contribution in [3.8, 4) is 0 Å². The van der Waals surface area contributed by atoms with Crippen LogP contribution in [-0.4, -0.2) is 39.3 Å². The number of aliphatic hydroxyl groups is 2. The number of carbonyl (C=O) groups excluding carboxylic acids is 2. The van der Waals surface area contributed by atoms with Crippen LogP contribution in [0.5, 0.6) is 0 Å². The van der Waals surface area contributed by atoms with Gasteiger partial charge in [-0.05, 0) is 18.1 Å². The van der Waals surface area contributed by atoms with Crippen LogP contribution in [0.15, 0.2) is 24.3 Å². The average Bonchev–Trinajstić information content (AvgIpc) is 2.55. The first-order chi connectivity index (χ1) is 8.45. The summed E-state index contributed by atoms with van der Waals surface area (Å²) in [6.07, 6.45) is -1.74. The van der Waals surface area contributed by atoms with E-state index >= 15 is 0 Å². The summed E-state index contributed by atoms with van der Waals surface area (Å²) in [5.74, 6) is -1.18. The highest BCUT2D eigenvalue weighted by Gasteiger charge is 2.43. The Kier molecular flexibility index (Phi) is 3.19. The Morgan fingerprint density at radius 1 is 1.00 bits per heavy atom.